The first kappa shape index (κ1) is 13.1. The molecule has 2 aromatic rings. The third kappa shape index (κ3) is 3.56. The lowest BCUT2D eigenvalue weighted by Gasteiger charge is -2.07. The molecule has 0 aliphatic heterocycles. The van der Waals surface area contributed by atoms with Crippen molar-refractivity contribution in [3.05, 3.63) is 59.7 Å². The van der Waals surface area contributed by atoms with Crippen LogP contribution in [0.3, 0.4) is 0 Å². The van der Waals surface area contributed by atoms with Gasteiger partial charge < -0.3 is 16.2 Å². The van der Waals surface area contributed by atoms with Gasteiger partial charge in [-0.1, -0.05) is 30.3 Å². The summed E-state index contributed by atoms with van der Waals surface area (Å²) in [5.41, 5.74) is 7.82. The number of phenolic OH excluding ortho intramolecular Hbond substituents is 1. The number of hydrogen-bond donors (Lipinski definition) is 3. The fraction of sp³-hybridized carbons (Fsp3) is 0.133. The molecule has 0 saturated heterocycles. The van der Waals surface area contributed by atoms with E-state index in [0.29, 0.717) is 17.8 Å². The van der Waals surface area contributed by atoms with Crippen LogP contribution in [0, 0.1) is 0 Å². The minimum absolute atomic E-state index is 0.133. The number of carbonyl (C=O) groups is 1. The number of benzene rings is 2. The zero-order chi connectivity index (χ0) is 13.7. The lowest BCUT2D eigenvalue weighted by atomic mass is 10.1. The molecule has 0 radical (unpaired) electrons. The van der Waals surface area contributed by atoms with Crippen molar-refractivity contribution in [1.82, 2.24) is 0 Å². The number of nitrogens with one attached hydrogen (secondary N) is 1. The van der Waals surface area contributed by atoms with Crippen molar-refractivity contribution in [3.8, 4) is 5.75 Å². The monoisotopic (exact) mass is 256 g/mol. The van der Waals surface area contributed by atoms with Crippen LogP contribution in [-0.2, 0) is 17.8 Å². The molecule has 0 atom stereocenters. The van der Waals surface area contributed by atoms with E-state index in [1.165, 1.54) is 0 Å². The number of nitrogens with two attached hydrogens (primary N) is 1. The minimum atomic E-state index is -0.171. The minimum Gasteiger partial charge on any atom is -0.508 e. The van der Waals surface area contributed by atoms with Crippen LogP contribution in [0.4, 0.5) is 5.69 Å². The molecule has 2 rings (SSSR count). The van der Waals surface area contributed by atoms with Crippen molar-refractivity contribution < 1.29 is 9.90 Å². The lowest BCUT2D eigenvalue weighted by molar-refractivity contribution is -0.115. The number of aromatic hydroxyl groups is 1. The number of hydrogen-bond acceptors (Lipinski definition) is 3. The Morgan fingerprint density at radius 1 is 1.16 bits per heavy atom. The summed E-state index contributed by atoms with van der Waals surface area (Å²) >= 11 is 0. The van der Waals surface area contributed by atoms with Gasteiger partial charge in [0.2, 0.25) is 5.91 Å². The highest BCUT2D eigenvalue weighted by molar-refractivity contribution is 5.92. The molecule has 1 amide bonds. The fourth-order valence-electron chi connectivity index (χ4n) is 1.81. The molecule has 4 nitrogen and oxygen atoms in total. The van der Waals surface area contributed by atoms with Crippen LogP contribution in [0.2, 0.25) is 0 Å². The molecular weight excluding hydrogens is 240 g/mol. The number of amides is 1. The maximum atomic E-state index is 11.9. The second-order valence-electron chi connectivity index (χ2n) is 4.26. The normalized spacial score (nSPS) is 10.2. The van der Waals surface area contributed by atoms with Crippen LogP contribution in [0.25, 0.3) is 0 Å². The number of para-hydroxylation sites is 1. The molecule has 0 saturated carbocycles. The predicted octanol–water partition coefficient (Wildman–Crippen LogP) is 2.03. The van der Waals surface area contributed by atoms with Crippen molar-refractivity contribution in [2.45, 2.75) is 13.0 Å². The van der Waals surface area contributed by atoms with Crippen molar-refractivity contribution in [2.75, 3.05) is 5.32 Å². The molecule has 0 aromatic heterocycles. The Labute approximate surface area is 111 Å². The van der Waals surface area contributed by atoms with Crippen molar-refractivity contribution in [2.24, 2.45) is 5.73 Å². The molecule has 19 heavy (non-hydrogen) atoms. The smallest absolute Gasteiger partial charge is 0.228 e. The molecule has 0 heterocycles. The van der Waals surface area contributed by atoms with E-state index in [9.17, 15) is 9.90 Å². The van der Waals surface area contributed by atoms with Crippen molar-refractivity contribution in [3.63, 3.8) is 0 Å². The van der Waals surface area contributed by atoms with Crippen LogP contribution in [0.5, 0.6) is 5.75 Å². The Kier molecular flexibility index (Phi) is 4.15. The van der Waals surface area contributed by atoms with Crippen LogP contribution >= 0.6 is 0 Å². The van der Waals surface area contributed by atoms with Gasteiger partial charge in [0, 0.05) is 17.8 Å². The number of anilines is 1. The Morgan fingerprint density at radius 3 is 2.68 bits per heavy atom. The highest BCUT2D eigenvalue weighted by atomic mass is 16.3. The second-order valence-corrected chi connectivity index (χ2v) is 4.26. The first-order valence-corrected chi connectivity index (χ1v) is 6.05. The van der Waals surface area contributed by atoms with Crippen LogP contribution in [0.15, 0.2) is 48.5 Å². The van der Waals surface area contributed by atoms with Crippen molar-refractivity contribution in [1.29, 1.82) is 0 Å². The Hall–Kier alpha value is -2.33. The van der Waals surface area contributed by atoms with E-state index in [1.807, 2.05) is 24.3 Å². The van der Waals surface area contributed by atoms with Gasteiger partial charge in [-0.15, -0.1) is 0 Å². The Morgan fingerprint density at radius 2 is 1.95 bits per heavy atom. The maximum absolute atomic E-state index is 11.9. The van der Waals surface area contributed by atoms with Gasteiger partial charge >= 0.3 is 0 Å². The number of carbonyl (C=O) groups excluding carboxylic acids is 1. The Bertz CT molecular complexity index is 582. The summed E-state index contributed by atoms with van der Waals surface area (Å²) in [6.45, 7) is 0.434. The van der Waals surface area contributed by atoms with Crippen LogP contribution in [0.1, 0.15) is 11.1 Å². The summed E-state index contributed by atoms with van der Waals surface area (Å²) in [7, 11) is 0. The summed E-state index contributed by atoms with van der Waals surface area (Å²) in [6, 6.07) is 14.2. The lowest BCUT2D eigenvalue weighted by Crippen LogP contribution is -2.14. The van der Waals surface area contributed by atoms with Gasteiger partial charge in [0.25, 0.3) is 0 Å². The van der Waals surface area contributed by atoms with Crippen LogP contribution in [-0.4, -0.2) is 11.0 Å². The fourth-order valence-corrected chi connectivity index (χ4v) is 1.81. The molecule has 0 fully saturated rings. The third-order valence-corrected chi connectivity index (χ3v) is 2.79. The predicted molar refractivity (Wildman–Crippen MR) is 74.8 cm³/mol. The maximum Gasteiger partial charge on any atom is 0.228 e. The standard InChI is InChI=1S/C15H16N2O2/c16-10-11-4-3-6-13(8-11)17-15(19)9-12-5-1-2-7-14(12)18/h1-8,18H,9-10,16H2,(H,17,19). The average Bonchev–Trinajstić information content (AvgIpc) is 2.41. The van der Waals surface area contributed by atoms with Gasteiger partial charge in [-0.3, -0.25) is 4.79 Å². The van der Waals surface area contributed by atoms with E-state index in [0.717, 1.165) is 5.56 Å². The first-order chi connectivity index (χ1) is 9.19. The van der Waals surface area contributed by atoms with Gasteiger partial charge in [-0.2, -0.15) is 0 Å². The highest BCUT2D eigenvalue weighted by Gasteiger charge is 2.07. The van der Waals surface area contributed by atoms with E-state index < -0.39 is 0 Å². The highest BCUT2D eigenvalue weighted by Crippen LogP contribution is 2.17. The van der Waals surface area contributed by atoms with Gasteiger partial charge in [0.05, 0.1) is 6.42 Å². The van der Waals surface area contributed by atoms with E-state index in [-0.39, 0.29) is 18.1 Å². The topological polar surface area (TPSA) is 75.3 Å². The van der Waals surface area contributed by atoms with Gasteiger partial charge in [-0.25, -0.2) is 0 Å². The SMILES string of the molecule is NCc1cccc(NC(=O)Cc2ccccc2O)c1. The third-order valence-electron chi connectivity index (χ3n) is 2.79. The van der Waals surface area contributed by atoms with Gasteiger partial charge in [0.15, 0.2) is 0 Å². The molecule has 0 unspecified atom stereocenters. The van der Waals surface area contributed by atoms with E-state index in [1.54, 1.807) is 24.3 Å². The zero-order valence-corrected chi connectivity index (χ0v) is 10.5. The van der Waals surface area contributed by atoms with E-state index in [4.69, 9.17) is 5.73 Å². The summed E-state index contributed by atoms with van der Waals surface area (Å²) in [6.07, 6.45) is 0.138. The molecule has 0 aliphatic rings. The second kappa shape index (κ2) is 6.02. The Balaban J connectivity index is 2.03. The summed E-state index contributed by atoms with van der Waals surface area (Å²) in [4.78, 5) is 11.9. The average molecular weight is 256 g/mol. The summed E-state index contributed by atoms with van der Waals surface area (Å²) in [5.74, 6) is -0.0379. The molecule has 4 heteroatoms. The molecule has 98 valence electrons. The van der Waals surface area contributed by atoms with Crippen LogP contribution < -0.4 is 11.1 Å². The molecular formula is C15H16N2O2. The molecule has 0 bridgehead atoms. The number of phenols is 1. The van der Waals surface area contributed by atoms with Gasteiger partial charge in [0.1, 0.15) is 5.75 Å². The zero-order valence-electron chi connectivity index (χ0n) is 10.5. The molecule has 0 aliphatic carbocycles. The van der Waals surface area contributed by atoms with Crippen molar-refractivity contribution >= 4 is 11.6 Å². The molecule has 2 aromatic carbocycles. The quantitative estimate of drug-likeness (QED) is 0.783. The number of rotatable bonds is 4. The summed E-state index contributed by atoms with van der Waals surface area (Å²) < 4.78 is 0. The van der Waals surface area contributed by atoms with E-state index >= 15 is 0 Å². The largest absolute Gasteiger partial charge is 0.508 e. The molecule has 0 spiro atoms. The first-order valence-electron chi connectivity index (χ1n) is 6.05. The molecule has 4 N–H and O–H groups in total. The van der Waals surface area contributed by atoms with E-state index in [2.05, 4.69) is 5.32 Å². The summed E-state index contributed by atoms with van der Waals surface area (Å²) in [5, 5.41) is 12.4. The van der Waals surface area contributed by atoms with Gasteiger partial charge in [-0.05, 0) is 23.8 Å².